The van der Waals surface area contributed by atoms with Crippen molar-refractivity contribution >= 4 is 41.5 Å². The van der Waals surface area contributed by atoms with Gasteiger partial charge in [-0.2, -0.15) is 0 Å². The Morgan fingerprint density at radius 1 is 1.22 bits per heavy atom. The zero-order valence-electron chi connectivity index (χ0n) is 13.7. The molecule has 0 aliphatic carbocycles. The normalized spacial score (nSPS) is 13.3. The number of nitrogens with one attached hydrogen (secondary N) is 2. The summed E-state index contributed by atoms with van der Waals surface area (Å²) in [7, 11) is 0. The molecular weight excluding hydrogens is 429 g/mol. The van der Waals surface area contributed by atoms with Crippen LogP contribution in [-0.2, 0) is 6.54 Å². The molecule has 0 bridgehead atoms. The van der Waals surface area contributed by atoms with Gasteiger partial charge in [-0.3, -0.25) is 0 Å². The monoisotopic (exact) mass is 453 g/mol. The van der Waals surface area contributed by atoms with Gasteiger partial charge in [0.25, 0.3) is 0 Å². The minimum atomic E-state index is 0. The van der Waals surface area contributed by atoms with Gasteiger partial charge in [-0.25, -0.2) is 4.99 Å². The number of rotatable bonds is 6. The van der Waals surface area contributed by atoms with Crippen LogP contribution in [-0.4, -0.2) is 32.3 Å². The van der Waals surface area contributed by atoms with Crippen molar-refractivity contribution in [2.75, 3.05) is 26.3 Å². The molecule has 1 heterocycles. The molecule has 0 atom stereocenters. The Morgan fingerprint density at radius 2 is 2.00 bits per heavy atom. The average Bonchev–Trinajstić information content (AvgIpc) is 2.53. The molecule has 0 fully saturated rings. The molecule has 130 valence electrons. The summed E-state index contributed by atoms with van der Waals surface area (Å²) in [6, 6.07) is 3.83. The van der Waals surface area contributed by atoms with Crippen LogP contribution < -0.4 is 20.1 Å². The summed E-state index contributed by atoms with van der Waals surface area (Å²) >= 11 is 6.24. The van der Waals surface area contributed by atoms with Crippen LogP contribution in [0.5, 0.6) is 11.5 Å². The smallest absolute Gasteiger partial charge is 0.191 e. The van der Waals surface area contributed by atoms with E-state index >= 15 is 0 Å². The molecule has 1 aromatic rings. The van der Waals surface area contributed by atoms with Crippen molar-refractivity contribution in [3.05, 3.63) is 22.7 Å². The lowest BCUT2D eigenvalue weighted by atomic mass is 10.2. The lowest BCUT2D eigenvalue weighted by molar-refractivity contribution is 0.171. The van der Waals surface area contributed by atoms with Gasteiger partial charge in [-0.05, 0) is 31.0 Å². The van der Waals surface area contributed by atoms with Gasteiger partial charge in [-0.1, -0.05) is 24.9 Å². The first-order valence-corrected chi connectivity index (χ1v) is 8.22. The minimum absolute atomic E-state index is 0. The Kier molecular flexibility index (Phi) is 9.47. The fraction of sp³-hybridized carbons (Fsp3) is 0.562. The van der Waals surface area contributed by atoms with Crippen molar-refractivity contribution in [1.29, 1.82) is 0 Å². The molecule has 0 saturated heterocycles. The number of halogens is 2. The third kappa shape index (κ3) is 6.25. The van der Waals surface area contributed by atoms with Crippen molar-refractivity contribution in [2.45, 2.75) is 33.2 Å². The number of ether oxygens (including phenoxy) is 2. The van der Waals surface area contributed by atoms with Crippen molar-refractivity contribution in [3.63, 3.8) is 0 Å². The summed E-state index contributed by atoms with van der Waals surface area (Å²) in [5.74, 6) is 2.16. The van der Waals surface area contributed by atoms with Crippen molar-refractivity contribution < 1.29 is 9.47 Å². The predicted octanol–water partition coefficient (Wildman–Crippen LogP) is 3.58. The number of hydrogen-bond acceptors (Lipinski definition) is 3. The van der Waals surface area contributed by atoms with Gasteiger partial charge >= 0.3 is 0 Å². The maximum atomic E-state index is 6.24. The summed E-state index contributed by atoms with van der Waals surface area (Å²) in [6.45, 7) is 7.61. The lowest BCUT2D eigenvalue weighted by Crippen LogP contribution is -2.37. The first-order valence-electron chi connectivity index (χ1n) is 7.84. The zero-order chi connectivity index (χ0) is 15.8. The highest BCUT2D eigenvalue weighted by molar-refractivity contribution is 14.0. The van der Waals surface area contributed by atoms with Crippen LogP contribution in [0.15, 0.2) is 17.1 Å². The largest absolute Gasteiger partial charge is 0.486 e. The molecule has 0 aromatic heterocycles. The number of unbranched alkanes of at least 4 members (excludes halogenated alkanes) is 1. The van der Waals surface area contributed by atoms with Crippen LogP contribution >= 0.6 is 35.6 Å². The Morgan fingerprint density at radius 3 is 2.74 bits per heavy atom. The van der Waals surface area contributed by atoms with Crippen molar-refractivity contribution in [2.24, 2.45) is 4.99 Å². The molecule has 1 aromatic carbocycles. The first kappa shape index (κ1) is 20.2. The lowest BCUT2D eigenvalue weighted by Gasteiger charge is -2.20. The average molecular weight is 454 g/mol. The van der Waals surface area contributed by atoms with E-state index in [2.05, 4.69) is 29.5 Å². The molecule has 23 heavy (non-hydrogen) atoms. The van der Waals surface area contributed by atoms with Crippen LogP contribution in [0.1, 0.15) is 32.3 Å². The highest BCUT2D eigenvalue weighted by Gasteiger charge is 2.16. The summed E-state index contributed by atoms with van der Waals surface area (Å²) in [6.07, 6.45) is 2.28. The molecule has 0 radical (unpaired) electrons. The number of aliphatic imine (C=N–C) groups is 1. The number of nitrogens with zero attached hydrogens (tertiary/aromatic N) is 1. The van der Waals surface area contributed by atoms with E-state index in [-0.39, 0.29) is 24.0 Å². The summed E-state index contributed by atoms with van der Waals surface area (Å²) in [5, 5.41) is 7.13. The highest BCUT2D eigenvalue weighted by atomic mass is 127. The second-order valence-electron chi connectivity index (χ2n) is 5.08. The standard InChI is InChI=1S/C16H24ClN3O2.HI/c1-3-5-6-19-16(18-4-2)20-11-12-9-13(17)15-14(10-12)21-7-8-22-15;/h9-10H,3-8,11H2,1-2H3,(H2,18,19,20);1H. The molecule has 1 aliphatic heterocycles. The zero-order valence-corrected chi connectivity index (χ0v) is 16.7. The van der Waals surface area contributed by atoms with Crippen LogP contribution in [0.2, 0.25) is 5.02 Å². The molecule has 7 heteroatoms. The van der Waals surface area contributed by atoms with Crippen LogP contribution in [0.3, 0.4) is 0 Å². The number of fused-ring (bicyclic) bond motifs is 1. The fourth-order valence-electron chi connectivity index (χ4n) is 2.15. The number of benzene rings is 1. The third-order valence-corrected chi connectivity index (χ3v) is 3.52. The molecule has 0 unspecified atom stereocenters. The molecular formula is C16H25ClIN3O2. The SMILES string of the molecule is CCCCNC(=NCc1cc(Cl)c2c(c1)OCCO2)NCC.I. The number of guanidine groups is 1. The Labute approximate surface area is 160 Å². The van der Waals surface area contributed by atoms with Gasteiger partial charge < -0.3 is 20.1 Å². The first-order chi connectivity index (χ1) is 10.7. The Hall–Kier alpha value is -0.890. The third-order valence-electron chi connectivity index (χ3n) is 3.24. The molecule has 2 N–H and O–H groups in total. The van der Waals surface area contributed by atoms with E-state index in [1.165, 1.54) is 0 Å². The Bertz CT molecular complexity index is 526. The summed E-state index contributed by atoms with van der Waals surface area (Å²) in [5.41, 5.74) is 1.00. The number of hydrogen-bond donors (Lipinski definition) is 2. The molecule has 1 aliphatic rings. The topological polar surface area (TPSA) is 54.9 Å². The van der Waals surface area contributed by atoms with E-state index in [0.29, 0.717) is 36.3 Å². The van der Waals surface area contributed by atoms with E-state index < -0.39 is 0 Å². The maximum Gasteiger partial charge on any atom is 0.191 e. The van der Waals surface area contributed by atoms with E-state index in [9.17, 15) is 0 Å². The minimum Gasteiger partial charge on any atom is -0.486 e. The molecule has 5 nitrogen and oxygen atoms in total. The van der Waals surface area contributed by atoms with E-state index in [1.54, 1.807) is 0 Å². The predicted molar refractivity (Wildman–Crippen MR) is 106 cm³/mol. The summed E-state index contributed by atoms with van der Waals surface area (Å²) < 4.78 is 11.1. The second-order valence-corrected chi connectivity index (χ2v) is 5.48. The van der Waals surface area contributed by atoms with Crippen LogP contribution in [0.4, 0.5) is 0 Å². The van der Waals surface area contributed by atoms with Crippen LogP contribution in [0, 0.1) is 0 Å². The van der Waals surface area contributed by atoms with Gasteiger partial charge in [0.1, 0.15) is 13.2 Å². The second kappa shape index (κ2) is 10.8. The van der Waals surface area contributed by atoms with Gasteiger partial charge in [-0.15, -0.1) is 24.0 Å². The summed E-state index contributed by atoms with van der Waals surface area (Å²) in [4.78, 5) is 4.58. The molecule has 0 amide bonds. The molecule has 0 spiro atoms. The van der Waals surface area contributed by atoms with Gasteiger partial charge in [0, 0.05) is 13.1 Å². The Balaban J connectivity index is 0.00000264. The quantitative estimate of drug-likeness (QED) is 0.299. The fourth-order valence-corrected chi connectivity index (χ4v) is 2.44. The van der Waals surface area contributed by atoms with Crippen molar-refractivity contribution in [1.82, 2.24) is 10.6 Å². The van der Waals surface area contributed by atoms with Gasteiger partial charge in [0.2, 0.25) is 0 Å². The van der Waals surface area contributed by atoms with E-state index in [0.717, 1.165) is 37.5 Å². The van der Waals surface area contributed by atoms with E-state index in [4.69, 9.17) is 21.1 Å². The molecule has 0 saturated carbocycles. The van der Waals surface area contributed by atoms with Crippen molar-refractivity contribution in [3.8, 4) is 11.5 Å². The van der Waals surface area contributed by atoms with Gasteiger partial charge in [0.15, 0.2) is 17.5 Å². The molecule has 2 rings (SSSR count). The maximum absolute atomic E-state index is 6.24. The highest BCUT2D eigenvalue weighted by Crippen LogP contribution is 2.38. The van der Waals surface area contributed by atoms with E-state index in [1.807, 2.05) is 12.1 Å². The van der Waals surface area contributed by atoms with Crippen LogP contribution in [0.25, 0.3) is 0 Å². The van der Waals surface area contributed by atoms with Gasteiger partial charge in [0.05, 0.1) is 11.6 Å².